The first-order chi connectivity index (χ1) is 14.9. The molecule has 1 fully saturated rings. The second-order valence-electron chi connectivity index (χ2n) is 8.22. The molecule has 1 saturated heterocycles. The number of amidine groups is 1. The molecule has 0 saturated carbocycles. The van der Waals surface area contributed by atoms with E-state index in [9.17, 15) is 14.4 Å². The van der Waals surface area contributed by atoms with E-state index >= 15 is 0 Å². The van der Waals surface area contributed by atoms with E-state index in [1.165, 1.54) is 9.80 Å². The molecule has 0 spiro atoms. The Morgan fingerprint density at radius 1 is 1.16 bits per heavy atom. The van der Waals surface area contributed by atoms with E-state index in [-0.39, 0.29) is 24.4 Å². The monoisotopic (exact) mass is 421 g/mol. The van der Waals surface area contributed by atoms with Gasteiger partial charge in [-0.2, -0.15) is 5.10 Å². The standard InChI is InChI=1S/C21H23N7O3/c1-21(2)19(30)23-9-11-27(21)16(29)13-26-18-15(17-22-8-10-25(17)20(26)31)12-24-28(18)14-6-4-3-5-7-14/h3-7,12H,8-11,13H2,1-2H3,(H,23,30). The molecular weight excluding hydrogens is 398 g/mol. The van der Waals surface area contributed by atoms with E-state index in [0.717, 1.165) is 5.69 Å². The van der Waals surface area contributed by atoms with E-state index < -0.39 is 5.54 Å². The van der Waals surface area contributed by atoms with Gasteiger partial charge in [0.25, 0.3) is 0 Å². The fourth-order valence-electron chi connectivity index (χ4n) is 4.32. The second-order valence-corrected chi connectivity index (χ2v) is 8.22. The van der Waals surface area contributed by atoms with Gasteiger partial charge in [0.05, 0.1) is 24.0 Å². The van der Waals surface area contributed by atoms with E-state index in [4.69, 9.17) is 0 Å². The molecule has 10 nitrogen and oxygen atoms in total. The zero-order valence-electron chi connectivity index (χ0n) is 17.4. The van der Waals surface area contributed by atoms with Crippen molar-refractivity contribution in [3.8, 4) is 5.69 Å². The normalized spacial score (nSPS) is 19.7. The van der Waals surface area contributed by atoms with Gasteiger partial charge in [-0.1, -0.05) is 18.2 Å². The lowest BCUT2D eigenvalue weighted by Gasteiger charge is -2.42. The van der Waals surface area contributed by atoms with Crippen LogP contribution < -0.4 is 10.2 Å². The molecule has 31 heavy (non-hydrogen) atoms. The van der Waals surface area contributed by atoms with Crippen molar-refractivity contribution >= 4 is 29.5 Å². The lowest BCUT2D eigenvalue weighted by molar-refractivity contribution is -0.148. The summed E-state index contributed by atoms with van der Waals surface area (Å²) >= 11 is 0. The first-order valence-electron chi connectivity index (χ1n) is 10.3. The molecule has 0 atom stereocenters. The number of nitrogens with zero attached hydrogens (tertiary/aromatic N) is 6. The number of carbonyl (C=O) groups is 3. The highest BCUT2D eigenvalue weighted by molar-refractivity contribution is 6.20. The zero-order chi connectivity index (χ0) is 21.8. The van der Waals surface area contributed by atoms with Gasteiger partial charge in [0.1, 0.15) is 17.9 Å². The Bertz CT molecular complexity index is 1110. The van der Waals surface area contributed by atoms with Crippen LogP contribution in [0.1, 0.15) is 19.4 Å². The number of nitrogens with one attached hydrogen (secondary N) is 1. The Balaban J connectivity index is 1.55. The van der Waals surface area contributed by atoms with Crippen LogP contribution in [0.25, 0.3) is 5.69 Å². The highest BCUT2D eigenvalue weighted by Gasteiger charge is 2.45. The number of para-hydroxylation sites is 1. The minimum Gasteiger partial charge on any atom is -0.352 e. The van der Waals surface area contributed by atoms with E-state index in [0.29, 0.717) is 43.4 Å². The number of fused-ring (bicyclic) bond motifs is 3. The highest BCUT2D eigenvalue weighted by atomic mass is 16.2. The first-order valence-corrected chi connectivity index (χ1v) is 10.3. The van der Waals surface area contributed by atoms with Crippen LogP contribution in [-0.4, -0.2) is 81.5 Å². The molecule has 160 valence electrons. The van der Waals surface area contributed by atoms with Gasteiger partial charge >= 0.3 is 6.03 Å². The number of aromatic nitrogens is 2. The van der Waals surface area contributed by atoms with Gasteiger partial charge in [0.2, 0.25) is 11.8 Å². The number of piperazine rings is 1. The molecule has 3 aliphatic heterocycles. The molecule has 0 radical (unpaired) electrons. The number of aliphatic imine (C=N–C) groups is 1. The number of anilines is 1. The molecule has 0 bridgehead atoms. The molecule has 0 aliphatic carbocycles. The quantitative estimate of drug-likeness (QED) is 0.784. The Morgan fingerprint density at radius 3 is 2.71 bits per heavy atom. The average Bonchev–Trinajstić information content (AvgIpc) is 3.41. The van der Waals surface area contributed by atoms with Gasteiger partial charge in [-0.15, -0.1) is 0 Å². The maximum absolute atomic E-state index is 13.4. The lowest BCUT2D eigenvalue weighted by atomic mass is 9.99. The van der Waals surface area contributed by atoms with Crippen LogP contribution in [0, 0.1) is 0 Å². The van der Waals surface area contributed by atoms with Gasteiger partial charge in [-0.3, -0.25) is 24.4 Å². The van der Waals surface area contributed by atoms with Gasteiger partial charge < -0.3 is 10.2 Å². The smallest absolute Gasteiger partial charge is 0.331 e. The second kappa shape index (κ2) is 6.93. The van der Waals surface area contributed by atoms with E-state index in [2.05, 4.69) is 15.4 Å². The van der Waals surface area contributed by atoms with Crippen molar-refractivity contribution in [3.63, 3.8) is 0 Å². The summed E-state index contributed by atoms with van der Waals surface area (Å²) in [5.74, 6) is 0.602. The Morgan fingerprint density at radius 2 is 1.94 bits per heavy atom. The number of carbonyl (C=O) groups excluding carboxylic acids is 3. The Labute approximate surface area is 179 Å². The molecule has 4 amide bonds. The van der Waals surface area contributed by atoms with Crippen molar-refractivity contribution in [2.45, 2.75) is 19.4 Å². The van der Waals surface area contributed by atoms with Crippen LogP contribution >= 0.6 is 0 Å². The van der Waals surface area contributed by atoms with Crippen LogP contribution in [-0.2, 0) is 9.59 Å². The fraction of sp³-hybridized carbons (Fsp3) is 0.381. The summed E-state index contributed by atoms with van der Waals surface area (Å²) in [6, 6.07) is 9.14. The van der Waals surface area contributed by atoms with E-state index in [1.807, 2.05) is 30.3 Å². The summed E-state index contributed by atoms with van der Waals surface area (Å²) in [4.78, 5) is 48.1. The van der Waals surface area contributed by atoms with Gasteiger partial charge in [-0.05, 0) is 26.0 Å². The fourth-order valence-corrected chi connectivity index (χ4v) is 4.32. The highest BCUT2D eigenvalue weighted by Crippen LogP contribution is 2.33. The molecule has 0 unspecified atom stereocenters. The third-order valence-electron chi connectivity index (χ3n) is 5.99. The van der Waals surface area contributed by atoms with Crippen molar-refractivity contribution in [3.05, 3.63) is 42.1 Å². The summed E-state index contributed by atoms with van der Waals surface area (Å²) in [7, 11) is 0. The molecule has 1 N–H and O–H groups in total. The minimum absolute atomic E-state index is 0.190. The van der Waals surface area contributed by atoms with Crippen molar-refractivity contribution in [2.75, 3.05) is 37.6 Å². The molecule has 1 aromatic heterocycles. The lowest BCUT2D eigenvalue weighted by Crippen LogP contribution is -2.65. The molecule has 1 aromatic carbocycles. The predicted molar refractivity (Wildman–Crippen MR) is 113 cm³/mol. The SMILES string of the molecule is CC1(C)C(=O)NCCN1C(=O)CN1C(=O)N2CCN=C2c2cnn(-c3ccccc3)c21. The molecule has 5 rings (SSSR count). The van der Waals surface area contributed by atoms with Crippen molar-refractivity contribution in [2.24, 2.45) is 4.99 Å². The van der Waals surface area contributed by atoms with Crippen molar-refractivity contribution in [1.82, 2.24) is 24.9 Å². The third-order valence-corrected chi connectivity index (χ3v) is 5.99. The topological polar surface area (TPSA) is 103 Å². The molecular formula is C21H23N7O3. The van der Waals surface area contributed by atoms with Crippen LogP contribution in [0.5, 0.6) is 0 Å². The third kappa shape index (κ3) is 2.89. The van der Waals surface area contributed by atoms with Gasteiger partial charge in [-0.25, -0.2) is 9.48 Å². The van der Waals surface area contributed by atoms with Crippen LogP contribution in [0.3, 0.4) is 0 Å². The van der Waals surface area contributed by atoms with Crippen LogP contribution in [0.15, 0.2) is 41.5 Å². The predicted octanol–water partition coefficient (Wildman–Crippen LogP) is 0.612. The number of benzene rings is 1. The minimum atomic E-state index is -0.989. The van der Waals surface area contributed by atoms with Gasteiger partial charge in [0.15, 0.2) is 5.82 Å². The first kappa shape index (κ1) is 19.3. The van der Waals surface area contributed by atoms with Gasteiger partial charge in [0, 0.05) is 19.6 Å². The maximum atomic E-state index is 13.4. The summed E-state index contributed by atoms with van der Waals surface area (Å²) in [5, 5.41) is 7.29. The molecule has 4 heterocycles. The number of hydrogen-bond donors (Lipinski definition) is 1. The summed E-state index contributed by atoms with van der Waals surface area (Å²) in [6.45, 7) is 4.99. The Hall–Kier alpha value is -3.69. The zero-order valence-corrected chi connectivity index (χ0v) is 17.4. The van der Waals surface area contributed by atoms with Crippen molar-refractivity contribution < 1.29 is 14.4 Å². The average molecular weight is 421 g/mol. The largest absolute Gasteiger partial charge is 0.352 e. The summed E-state index contributed by atoms with van der Waals surface area (Å²) in [5.41, 5.74) is 0.500. The molecule has 3 aliphatic rings. The summed E-state index contributed by atoms with van der Waals surface area (Å²) in [6.07, 6.45) is 1.68. The molecule has 10 heteroatoms. The summed E-state index contributed by atoms with van der Waals surface area (Å²) < 4.78 is 1.66. The molecule has 2 aromatic rings. The number of rotatable bonds is 3. The Kier molecular flexibility index (Phi) is 4.31. The van der Waals surface area contributed by atoms with Crippen LogP contribution in [0.2, 0.25) is 0 Å². The van der Waals surface area contributed by atoms with E-state index in [1.54, 1.807) is 29.6 Å². The number of hydrogen-bond acceptors (Lipinski definition) is 5. The maximum Gasteiger partial charge on any atom is 0.331 e. The van der Waals surface area contributed by atoms with Crippen molar-refractivity contribution in [1.29, 1.82) is 0 Å². The number of urea groups is 1. The number of amides is 4. The van der Waals surface area contributed by atoms with Crippen LogP contribution in [0.4, 0.5) is 10.6 Å².